The zero-order chi connectivity index (χ0) is 32.3. The van der Waals surface area contributed by atoms with Gasteiger partial charge in [-0.25, -0.2) is 4.79 Å². The SMILES string of the molecule is CC(C)(C)c1ccc(S(=O)(=O)Oc2ccc(NC(=O)Nc3ccc(OS(=O)(=O)c4ccc(C(C)(C)C)cc4)cc3)cc2)cc1. The van der Waals surface area contributed by atoms with E-state index in [9.17, 15) is 21.6 Å². The van der Waals surface area contributed by atoms with E-state index in [2.05, 4.69) is 10.6 Å². The van der Waals surface area contributed by atoms with Crippen LogP contribution >= 0.6 is 0 Å². The molecule has 0 aliphatic rings. The van der Waals surface area contributed by atoms with Crippen LogP contribution in [0.15, 0.2) is 107 Å². The Morgan fingerprint density at radius 3 is 1.07 bits per heavy atom. The number of benzene rings is 4. The lowest BCUT2D eigenvalue weighted by Crippen LogP contribution is -2.19. The highest BCUT2D eigenvalue weighted by Crippen LogP contribution is 2.27. The molecule has 0 atom stereocenters. The minimum atomic E-state index is -4.04. The molecule has 0 saturated heterocycles. The van der Waals surface area contributed by atoms with E-state index in [0.717, 1.165) is 11.1 Å². The molecule has 0 bridgehead atoms. The van der Waals surface area contributed by atoms with Crippen molar-refractivity contribution < 1.29 is 30.0 Å². The van der Waals surface area contributed by atoms with E-state index < -0.39 is 26.3 Å². The highest BCUT2D eigenvalue weighted by molar-refractivity contribution is 7.87. The first-order chi connectivity index (χ1) is 20.4. The molecule has 0 heterocycles. The molecular weight excluding hydrogens is 601 g/mol. The van der Waals surface area contributed by atoms with Crippen LogP contribution in [-0.2, 0) is 31.1 Å². The van der Waals surface area contributed by atoms with Crippen LogP contribution in [0.2, 0.25) is 0 Å². The molecule has 11 heteroatoms. The van der Waals surface area contributed by atoms with Gasteiger partial charge in [-0.1, -0.05) is 65.8 Å². The van der Waals surface area contributed by atoms with Crippen LogP contribution in [0.5, 0.6) is 11.5 Å². The molecule has 0 saturated carbocycles. The number of urea groups is 1. The number of carbonyl (C=O) groups is 1. The van der Waals surface area contributed by atoms with Gasteiger partial charge in [0, 0.05) is 11.4 Å². The molecule has 0 unspecified atom stereocenters. The van der Waals surface area contributed by atoms with Crippen LogP contribution in [0, 0.1) is 0 Å². The van der Waals surface area contributed by atoms with Gasteiger partial charge >= 0.3 is 26.3 Å². The molecule has 2 N–H and O–H groups in total. The lowest BCUT2D eigenvalue weighted by molar-refractivity contribution is 0.262. The fourth-order valence-electron chi connectivity index (χ4n) is 4.07. The molecule has 232 valence electrons. The Morgan fingerprint density at radius 1 is 0.500 bits per heavy atom. The minimum absolute atomic E-state index is 0.0378. The summed E-state index contributed by atoms with van der Waals surface area (Å²) in [5.74, 6) is 0.179. The summed E-state index contributed by atoms with van der Waals surface area (Å²) in [5, 5.41) is 5.28. The van der Waals surface area contributed by atoms with E-state index in [4.69, 9.17) is 8.37 Å². The Hall–Kier alpha value is -4.35. The van der Waals surface area contributed by atoms with Crippen LogP contribution in [0.1, 0.15) is 52.7 Å². The molecule has 0 aliphatic carbocycles. The van der Waals surface area contributed by atoms with Gasteiger partial charge in [0.05, 0.1) is 0 Å². The van der Waals surface area contributed by atoms with Crippen LogP contribution in [0.25, 0.3) is 0 Å². The largest absolute Gasteiger partial charge is 0.379 e. The number of hydrogen-bond acceptors (Lipinski definition) is 7. The number of hydrogen-bond donors (Lipinski definition) is 2. The van der Waals surface area contributed by atoms with Gasteiger partial charge in [0.1, 0.15) is 21.3 Å². The van der Waals surface area contributed by atoms with Crippen molar-refractivity contribution in [1.29, 1.82) is 0 Å². The lowest BCUT2D eigenvalue weighted by atomic mass is 9.87. The van der Waals surface area contributed by atoms with E-state index in [1.165, 1.54) is 72.8 Å². The average Bonchev–Trinajstić information content (AvgIpc) is 2.94. The maximum atomic E-state index is 12.7. The monoisotopic (exact) mass is 636 g/mol. The van der Waals surface area contributed by atoms with E-state index in [1.54, 1.807) is 24.3 Å². The molecular formula is C33H36N2O7S2. The van der Waals surface area contributed by atoms with Crippen LogP contribution in [0.3, 0.4) is 0 Å². The zero-order valence-electron chi connectivity index (χ0n) is 25.4. The van der Waals surface area contributed by atoms with E-state index in [0.29, 0.717) is 11.4 Å². The third-order valence-corrected chi connectivity index (χ3v) is 9.18. The van der Waals surface area contributed by atoms with Crippen LogP contribution < -0.4 is 19.0 Å². The van der Waals surface area contributed by atoms with Gasteiger partial charge in [0.25, 0.3) is 0 Å². The molecule has 4 aromatic carbocycles. The van der Waals surface area contributed by atoms with Gasteiger partial charge in [0.2, 0.25) is 0 Å². The maximum Gasteiger partial charge on any atom is 0.339 e. The molecule has 4 aromatic rings. The number of rotatable bonds is 8. The van der Waals surface area contributed by atoms with Crippen molar-refractivity contribution in [3.8, 4) is 11.5 Å². The molecule has 9 nitrogen and oxygen atoms in total. The Kier molecular flexibility index (Phi) is 9.13. The molecule has 0 fully saturated rings. The molecule has 4 rings (SSSR count). The second-order valence-electron chi connectivity index (χ2n) is 12.3. The van der Waals surface area contributed by atoms with Crippen molar-refractivity contribution in [2.75, 3.05) is 10.6 Å². The first-order valence-corrected chi connectivity index (χ1v) is 16.6. The predicted octanol–water partition coefficient (Wildman–Crippen LogP) is 7.46. The molecule has 0 radical (unpaired) electrons. The summed E-state index contributed by atoms with van der Waals surface area (Å²) in [5.41, 5.74) is 2.56. The highest BCUT2D eigenvalue weighted by atomic mass is 32.2. The smallest absolute Gasteiger partial charge is 0.339 e. The summed E-state index contributed by atoms with van der Waals surface area (Å²) in [6, 6.07) is 24.3. The fraction of sp³-hybridized carbons (Fsp3) is 0.242. The first-order valence-electron chi connectivity index (χ1n) is 13.8. The number of anilines is 2. The van der Waals surface area contributed by atoms with Crippen molar-refractivity contribution in [3.63, 3.8) is 0 Å². The average molecular weight is 637 g/mol. The third kappa shape index (κ3) is 8.39. The number of nitrogens with one attached hydrogen (secondary N) is 2. The van der Waals surface area contributed by atoms with Crippen molar-refractivity contribution >= 4 is 37.6 Å². The standard InChI is InChI=1S/C33H36N2O7S2/c1-32(2,3)23-7-19-29(20-8-23)43(37,38)41-27-15-11-25(12-16-27)34-31(36)35-26-13-17-28(18-14-26)42-44(39,40)30-21-9-24(10-22-30)33(4,5)6/h7-22H,1-6H3,(H2,34,35,36). The summed E-state index contributed by atoms with van der Waals surface area (Å²) in [7, 11) is -8.08. The van der Waals surface area contributed by atoms with Crippen molar-refractivity contribution in [2.45, 2.75) is 62.2 Å². The Labute approximate surface area is 259 Å². The summed E-state index contributed by atoms with van der Waals surface area (Å²) in [6.07, 6.45) is 0. The Morgan fingerprint density at radius 2 is 0.795 bits per heavy atom. The number of carbonyl (C=O) groups excluding carboxylic acids is 1. The summed E-state index contributed by atoms with van der Waals surface area (Å²) in [4.78, 5) is 12.6. The zero-order valence-corrected chi connectivity index (χ0v) is 27.0. The van der Waals surface area contributed by atoms with E-state index >= 15 is 0 Å². The molecule has 0 aliphatic heterocycles. The van der Waals surface area contributed by atoms with Crippen molar-refractivity contribution in [3.05, 3.63) is 108 Å². The van der Waals surface area contributed by atoms with Crippen molar-refractivity contribution in [1.82, 2.24) is 0 Å². The summed E-state index contributed by atoms with van der Waals surface area (Å²) >= 11 is 0. The van der Waals surface area contributed by atoms with Gasteiger partial charge in [-0.15, -0.1) is 0 Å². The second-order valence-corrected chi connectivity index (χ2v) is 15.3. The Balaban J connectivity index is 1.32. The van der Waals surface area contributed by atoms with E-state index in [-0.39, 0.29) is 32.1 Å². The van der Waals surface area contributed by atoms with Gasteiger partial charge in [-0.2, -0.15) is 16.8 Å². The summed E-state index contributed by atoms with van der Waals surface area (Å²) in [6.45, 7) is 12.2. The quantitative estimate of drug-likeness (QED) is 0.192. The third-order valence-electron chi connectivity index (χ3n) is 6.65. The molecule has 2 amide bonds. The van der Waals surface area contributed by atoms with E-state index in [1.807, 2.05) is 41.5 Å². The van der Waals surface area contributed by atoms with Gasteiger partial charge in [-0.05, 0) is 94.8 Å². The molecule has 0 aromatic heterocycles. The number of amides is 2. The minimum Gasteiger partial charge on any atom is -0.379 e. The lowest BCUT2D eigenvalue weighted by Gasteiger charge is -2.19. The van der Waals surface area contributed by atoms with Crippen molar-refractivity contribution in [2.24, 2.45) is 0 Å². The van der Waals surface area contributed by atoms with Crippen LogP contribution in [0.4, 0.5) is 16.2 Å². The van der Waals surface area contributed by atoms with Crippen LogP contribution in [-0.4, -0.2) is 22.9 Å². The van der Waals surface area contributed by atoms with Gasteiger partial charge in [-0.3, -0.25) is 0 Å². The first kappa shape index (κ1) is 32.6. The van der Waals surface area contributed by atoms with Gasteiger partial charge < -0.3 is 19.0 Å². The highest BCUT2D eigenvalue weighted by Gasteiger charge is 2.21. The maximum absolute atomic E-state index is 12.7. The summed E-state index contributed by atoms with van der Waals surface area (Å²) < 4.78 is 61.3. The predicted molar refractivity (Wildman–Crippen MR) is 171 cm³/mol. The second kappa shape index (κ2) is 12.3. The normalized spacial score (nSPS) is 12.3. The van der Waals surface area contributed by atoms with Gasteiger partial charge in [0.15, 0.2) is 0 Å². The molecule has 0 spiro atoms. The topological polar surface area (TPSA) is 128 Å². The fourth-order valence-corrected chi connectivity index (χ4v) is 5.93. The Bertz CT molecular complexity index is 1680. The molecule has 44 heavy (non-hydrogen) atoms.